The van der Waals surface area contributed by atoms with Crippen molar-refractivity contribution in [3.8, 4) is 0 Å². The van der Waals surface area contributed by atoms with Crippen LogP contribution in [-0.4, -0.2) is 34.3 Å². The van der Waals surface area contributed by atoms with Gasteiger partial charge in [-0.25, -0.2) is 8.42 Å². The highest BCUT2D eigenvalue weighted by molar-refractivity contribution is 7.92. The molecule has 3 aromatic rings. The van der Waals surface area contributed by atoms with Crippen molar-refractivity contribution in [2.24, 2.45) is 0 Å². The van der Waals surface area contributed by atoms with Crippen LogP contribution in [-0.2, 0) is 16.6 Å². The number of amides is 1. The molecule has 3 rings (SSSR count). The molecule has 0 radical (unpaired) electrons. The Morgan fingerprint density at radius 1 is 1.14 bits per heavy atom. The van der Waals surface area contributed by atoms with Crippen LogP contribution in [0.25, 0.3) is 0 Å². The van der Waals surface area contributed by atoms with E-state index in [0.29, 0.717) is 23.5 Å². The molecular weight excluding hydrogens is 404 g/mol. The quantitative estimate of drug-likeness (QED) is 0.632. The Bertz CT molecular complexity index is 1090. The van der Waals surface area contributed by atoms with E-state index in [1.54, 1.807) is 17.8 Å². The molecule has 0 bridgehead atoms. The highest BCUT2D eigenvalue weighted by Gasteiger charge is 2.17. The van der Waals surface area contributed by atoms with Gasteiger partial charge in [0.1, 0.15) is 0 Å². The van der Waals surface area contributed by atoms with Crippen molar-refractivity contribution in [3.05, 3.63) is 59.0 Å². The van der Waals surface area contributed by atoms with Crippen molar-refractivity contribution < 1.29 is 13.2 Å². The summed E-state index contributed by atoms with van der Waals surface area (Å²) in [7, 11) is -3.85. The number of carbonyl (C=O) groups is 1. The SMILES string of the molecule is CCn1cc(C(=O)Nc2ccc(S(=O)(=O)Nc3ccc(Cl)nn3)cc2)c(C)n1. The fourth-order valence-electron chi connectivity index (χ4n) is 2.39. The molecule has 11 heteroatoms. The minimum atomic E-state index is -3.85. The van der Waals surface area contributed by atoms with Crippen LogP contribution in [0.15, 0.2) is 47.5 Å². The third kappa shape index (κ3) is 4.46. The van der Waals surface area contributed by atoms with E-state index < -0.39 is 10.0 Å². The van der Waals surface area contributed by atoms with Crippen LogP contribution < -0.4 is 10.0 Å². The lowest BCUT2D eigenvalue weighted by Crippen LogP contribution is -2.15. The lowest BCUT2D eigenvalue weighted by Gasteiger charge is -2.08. The number of hydrogen-bond acceptors (Lipinski definition) is 6. The highest BCUT2D eigenvalue weighted by Crippen LogP contribution is 2.18. The molecule has 2 heterocycles. The largest absolute Gasteiger partial charge is 0.322 e. The van der Waals surface area contributed by atoms with Gasteiger partial charge in [0.15, 0.2) is 11.0 Å². The van der Waals surface area contributed by atoms with Crippen molar-refractivity contribution in [1.82, 2.24) is 20.0 Å². The van der Waals surface area contributed by atoms with Gasteiger partial charge in [0.05, 0.1) is 16.2 Å². The van der Waals surface area contributed by atoms with E-state index in [4.69, 9.17) is 11.6 Å². The van der Waals surface area contributed by atoms with Crippen LogP contribution >= 0.6 is 11.6 Å². The van der Waals surface area contributed by atoms with Gasteiger partial charge in [-0.1, -0.05) is 11.6 Å². The molecular formula is C17H17ClN6O3S. The lowest BCUT2D eigenvalue weighted by atomic mass is 10.2. The van der Waals surface area contributed by atoms with Gasteiger partial charge in [-0.15, -0.1) is 10.2 Å². The van der Waals surface area contributed by atoms with Gasteiger partial charge in [0.25, 0.3) is 15.9 Å². The van der Waals surface area contributed by atoms with E-state index in [-0.39, 0.29) is 21.8 Å². The maximum absolute atomic E-state index is 12.4. The van der Waals surface area contributed by atoms with E-state index >= 15 is 0 Å². The standard InChI is InChI=1S/C17H17ClN6O3S/c1-3-24-10-14(11(2)22-24)17(25)19-12-4-6-13(7-5-12)28(26,27)23-16-9-8-15(18)20-21-16/h4-10H,3H2,1-2H3,(H,19,25)(H,21,23). The molecule has 1 aromatic carbocycles. The summed E-state index contributed by atoms with van der Waals surface area (Å²) in [5.41, 5.74) is 1.53. The molecule has 28 heavy (non-hydrogen) atoms. The van der Waals surface area contributed by atoms with Gasteiger partial charge in [0.2, 0.25) is 0 Å². The molecule has 146 valence electrons. The third-order valence-electron chi connectivity index (χ3n) is 3.81. The molecule has 0 aliphatic rings. The number of rotatable bonds is 6. The number of aromatic nitrogens is 4. The van der Waals surface area contributed by atoms with Crippen LogP contribution in [0.2, 0.25) is 5.15 Å². The average Bonchev–Trinajstić information content (AvgIpc) is 3.05. The number of benzene rings is 1. The Morgan fingerprint density at radius 2 is 1.86 bits per heavy atom. The Balaban J connectivity index is 1.72. The molecule has 0 fully saturated rings. The van der Waals surface area contributed by atoms with Crippen molar-refractivity contribution in [2.75, 3.05) is 10.0 Å². The average molecular weight is 421 g/mol. The Kier molecular flexibility index (Phi) is 5.61. The van der Waals surface area contributed by atoms with E-state index in [0.717, 1.165) is 0 Å². The van der Waals surface area contributed by atoms with Crippen LogP contribution in [0.4, 0.5) is 11.5 Å². The third-order valence-corrected chi connectivity index (χ3v) is 5.38. The summed E-state index contributed by atoms with van der Waals surface area (Å²) < 4.78 is 28.8. The predicted molar refractivity (Wildman–Crippen MR) is 105 cm³/mol. The maximum atomic E-state index is 12.4. The van der Waals surface area contributed by atoms with Gasteiger partial charge in [-0.05, 0) is 50.2 Å². The molecule has 1 amide bonds. The Labute approximate surface area is 166 Å². The molecule has 0 aliphatic carbocycles. The minimum Gasteiger partial charge on any atom is -0.322 e. The van der Waals surface area contributed by atoms with Crippen molar-refractivity contribution in [2.45, 2.75) is 25.3 Å². The second kappa shape index (κ2) is 7.95. The fraction of sp³-hybridized carbons (Fsp3) is 0.176. The van der Waals surface area contributed by atoms with Crippen LogP contribution in [0.5, 0.6) is 0 Å². The molecule has 9 nitrogen and oxygen atoms in total. The maximum Gasteiger partial charge on any atom is 0.263 e. The van der Waals surface area contributed by atoms with Crippen LogP contribution in [0.3, 0.4) is 0 Å². The number of anilines is 2. The number of nitrogens with one attached hydrogen (secondary N) is 2. The van der Waals surface area contributed by atoms with Gasteiger partial charge < -0.3 is 5.32 Å². The zero-order chi connectivity index (χ0) is 20.3. The highest BCUT2D eigenvalue weighted by atomic mass is 35.5. The summed E-state index contributed by atoms with van der Waals surface area (Å²) in [4.78, 5) is 12.4. The van der Waals surface area contributed by atoms with E-state index in [1.165, 1.54) is 36.4 Å². The lowest BCUT2D eigenvalue weighted by molar-refractivity contribution is 0.102. The summed E-state index contributed by atoms with van der Waals surface area (Å²) in [6.45, 7) is 4.34. The summed E-state index contributed by atoms with van der Waals surface area (Å²) in [5.74, 6) is -0.271. The van der Waals surface area contributed by atoms with Crippen molar-refractivity contribution >= 4 is 39.0 Å². The van der Waals surface area contributed by atoms with Crippen LogP contribution in [0.1, 0.15) is 23.0 Å². The number of aryl methyl sites for hydroxylation is 2. The normalized spacial score (nSPS) is 11.2. The predicted octanol–water partition coefficient (Wildman–Crippen LogP) is 2.71. The molecule has 2 N–H and O–H groups in total. The molecule has 0 unspecified atom stereocenters. The minimum absolute atomic E-state index is 0.0113. The van der Waals surface area contributed by atoms with Gasteiger partial charge in [0, 0.05) is 18.4 Å². The van der Waals surface area contributed by atoms with Crippen molar-refractivity contribution in [3.63, 3.8) is 0 Å². The van der Waals surface area contributed by atoms with E-state index in [9.17, 15) is 13.2 Å². The number of halogens is 1. The van der Waals surface area contributed by atoms with Crippen LogP contribution in [0, 0.1) is 6.92 Å². The summed E-state index contributed by atoms with van der Waals surface area (Å²) in [6, 6.07) is 8.58. The topological polar surface area (TPSA) is 119 Å². The Hall–Kier alpha value is -2.98. The number of hydrogen-bond donors (Lipinski definition) is 2. The van der Waals surface area contributed by atoms with E-state index in [2.05, 4.69) is 25.3 Å². The number of sulfonamides is 1. The molecule has 0 spiro atoms. The zero-order valence-electron chi connectivity index (χ0n) is 15.0. The first-order valence-corrected chi connectivity index (χ1v) is 10.1. The Morgan fingerprint density at radius 3 is 2.43 bits per heavy atom. The molecule has 2 aromatic heterocycles. The molecule has 0 atom stereocenters. The summed E-state index contributed by atoms with van der Waals surface area (Å²) >= 11 is 5.63. The summed E-state index contributed by atoms with van der Waals surface area (Å²) in [5, 5.41) is 14.4. The second-order valence-electron chi connectivity index (χ2n) is 5.81. The summed E-state index contributed by atoms with van der Waals surface area (Å²) in [6.07, 6.45) is 1.67. The number of nitrogens with zero attached hydrogens (tertiary/aromatic N) is 4. The van der Waals surface area contributed by atoms with E-state index in [1.807, 2.05) is 6.92 Å². The van der Waals surface area contributed by atoms with Gasteiger partial charge >= 0.3 is 0 Å². The monoisotopic (exact) mass is 420 g/mol. The smallest absolute Gasteiger partial charge is 0.263 e. The van der Waals surface area contributed by atoms with Gasteiger partial charge in [-0.2, -0.15) is 5.10 Å². The first-order chi connectivity index (χ1) is 13.3. The second-order valence-corrected chi connectivity index (χ2v) is 7.88. The first kappa shape index (κ1) is 19.8. The first-order valence-electron chi connectivity index (χ1n) is 8.26. The molecule has 0 aliphatic heterocycles. The molecule has 0 saturated heterocycles. The number of carbonyl (C=O) groups excluding carboxylic acids is 1. The van der Waals surface area contributed by atoms with Crippen molar-refractivity contribution in [1.29, 1.82) is 0 Å². The molecule has 0 saturated carbocycles. The van der Waals surface area contributed by atoms with Gasteiger partial charge in [-0.3, -0.25) is 14.2 Å². The zero-order valence-corrected chi connectivity index (χ0v) is 16.6. The fourth-order valence-corrected chi connectivity index (χ4v) is 3.48.